The summed E-state index contributed by atoms with van der Waals surface area (Å²) in [5, 5.41) is 8.70. The van der Waals surface area contributed by atoms with E-state index in [1.165, 1.54) is 24.3 Å². The van der Waals surface area contributed by atoms with E-state index in [1.54, 1.807) is 0 Å². The third-order valence-electron chi connectivity index (χ3n) is 1.97. The maximum Gasteiger partial charge on any atom is 0.354 e. The molecule has 0 saturated carbocycles. The summed E-state index contributed by atoms with van der Waals surface area (Å²) in [6.45, 7) is 6.80. The van der Waals surface area contributed by atoms with Crippen LogP contribution in [-0.4, -0.2) is 23.7 Å². The van der Waals surface area contributed by atoms with Gasteiger partial charge in [0.05, 0.1) is 0 Å². The Morgan fingerprint density at radius 3 is 2.63 bits per heavy atom. The number of carbonyl (C=O) groups excluding carboxylic acids is 1. The molecule has 19 heavy (non-hydrogen) atoms. The Bertz CT molecular complexity index is 536. The first-order valence-corrected chi connectivity index (χ1v) is 5.51. The van der Waals surface area contributed by atoms with Crippen LogP contribution in [0.25, 0.3) is 0 Å². The molecule has 5 nitrogen and oxygen atoms in total. The topological polar surface area (TPSA) is 72.8 Å². The van der Waals surface area contributed by atoms with Gasteiger partial charge in [-0.2, -0.15) is 0 Å². The van der Waals surface area contributed by atoms with Gasteiger partial charge in [0.1, 0.15) is 28.7 Å². The number of carboxylic acid groups (broad SMARTS) is 1. The Hall–Kier alpha value is -2.27. The first-order valence-electron chi connectivity index (χ1n) is 5.13. The molecule has 0 aliphatic rings. The van der Waals surface area contributed by atoms with Gasteiger partial charge >= 0.3 is 11.9 Å². The molecule has 0 aliphatic heterocycles. The molecule has 1 N–H and O–H groups in total. The lowest BCUT2D eigenvalue weighted by molar-refractivity contribution is -0.129. The van der Waals surface area contributed by atoms with Crippen LogP contribution < -0.4 is 9.47 Å². The fourth-order valence-corrected chi connectivity index (χ4v) is 1.21. The predicted molar refractivity (Wildman–Crippen MR) is 69.7 cm³/mol. The molecule has 0 aliphatic carbocycles. The van der Waals surface area contributed by atoms with Crippen LogP contribution in [0.4, 0.5) is 0 Å². The Morgan fingerprint density at radius 1 is 1.42 bits per heavy atom. The number of aromatic carboxylic acids is 1. The summed E-state index contributed by atoms with van der Waals surface area (Å²) in [5.41, 5.74) is -0.0497. The van der Waals surface area contributed by atoms with Crippen molar-refractivity contribution in [1.29, 1.82) is 0 Å². The number of rotatable bonds is 6. The highest BCUT2D eigenvalue weighted by molar-refractivity contribution is 6.41. The van der Waals surface area contributed by atoms with Crippen molar-refractivity contribution >= 4 is 23.5 Å². The van der Waals surface area contributed by atoms with Gasteiger partial charge in [-0.1, -0.05) is 30.8 Å². The molecule has 100 valence electrons. The van der Waals surface area contributed by atoms with Crippen molar-refractivity contribution in [2.75, 3.05) is 6.61 Å². The second-order valence-electron chi connectivity index (χ2n) is 3.36. The number of carbonyl (C=O) groups is 2. The predicted octanol–water partition coefficient (Wildman–Crippen LogP) is 2.61. The van der Waals surface area contributed by atoms with Crippen molar-refractivity contribution in [2.24, 2.45) is 0 Å². The molecule has 0 amide bonds. The fraction of sp³-hybridized carbons (Fsp3) is 0.0769. The van der Waals surface area contributed by atoms with Crippen LogP contribution in [0.15, 0.2) is 42.5 Å². The molecule has 1 rings (SSSR count). The van der Waals surface area contributed by atoms with Crippen LogP contribution in [0.1, 0.15) is 10.4 Å². The summed E-state index contributed by atoms with van der Waals surface area (Å²) in [7, 11) is 0. The summed E-state index contributed by atoms with van der Waals surface area (Å²) in [6.07, 6.45) is 1.46. The molecule has 0 aromatic heterocycles. The normalized spacial score (nSPS) is 9.53. The second-order valence-corrected chi connectivity index (χ2v) is 3.81. The average molecular weight is 283 g/mol. The fourth-order valence-electron chi connectivity index (χ4n) is 1.17. The van der Waals surface area contributed by atoms with Gasteiger partial charge in [-0.15, -0.1) is 0 Å². The average Bonchev–Trinajstić information content (AvgIpc) is 2.35. The van der Waals surface area contributed by atoms with E-state index in [-0.39, 0.29) is 28.7 Å². The molecule has 0 spiro atoms. The summed E-state index contributed by atoms with van der Waals surface area (Å²) in [5.74, 6) is -1.80. The molecule has 1 aromatic rings. The van der Waals surface area contributed by atoms with Crippen molar-refractivity contribution in [3.63, 3.8) is 0 Å². The zero-order valence-corrected chi connectivity index (χ0v) is 10.6. The molecular formula is C13H11ClO5. The first kappa shape index (κ1) is 14.8. The number of benzene rings is 1. The van der Waals surface area contributed by atoms with Crippen molar-refractivity contribution in [3.05, 3.63) is 48.0 Å². The van der Waals surface area contributed by atoms with E-state index in [9.17, 15) is 9.59 Å². The smallest absolute Gasteiger partial charge is 0.354 e. The van der Waals surface area contributed by atoms with Gasteiger partial charge in [0.25, 0.3) is 0 Å². The van der Waals surface area contributed by atoms with Gasteiger partial charge < -0.3 is 14.6 Å². The Morgan fingerprint density at radius 2 is 2.11 bits per heavy atom. The van der Waals surface area contributed by atoms with Crippen LogP contribution in [0.5, 0.6) is 11.5 Å². The molecule has 6 heteroatoms. The molecule has 0 heterocycles. The maximum atomic E-state index is 11.2. The van der Waals surface area contributed by atoms with Gasteiger partial charge in [-0.25, -0.2) is 9.59 Å². The number of esters is 1. The number of halogens is 1. The standard InChI is InChI=1S/C13H11ClO5/c1-3-6-18-11-7-9(19-13(17)8(2)14)4-5-10(11)12(15)16/h3-5,7H,1-2,6H2,(H,15,16). The monoisotopic (exact) mass is 282 g/mol. The summed E-state index contributed by atoms with van der Waals surface area (Å²) in [4.78, 5) is 22.2. The van der Waals surface area contributed by atoms with E-state index in [0.29, 0.717) is 0 Å². The molecular weight excluding hydrogens is 272 g/mol. The van der Waals surface area contributed by atoms with Gasteiger partial charge in [-0.05, 0) is 12.1 Å². The van der Waals surface area contributed by atoms with E-state index in [4.69, 9.17) is 26.2 Å². The molecule has 0 radical (unpaired) electrons. The van der Waals surface area contributed by atoms with Crippen LogP contribution in [0.2, 0.25) is 0 Å². The summed E-state index contributed by atoms with van der Waals surface area (Å²) in [6, 6.07) is 3.87. The van der Waals surface area contributed by atoms with E-state index in [1.807, 2.05) is 0 Å². The van der Waals surface area contributed by atoms with E-state index >= 15 is 0 Å². The Labute approximate surface area is 114 Å². The number of carboxylic acids is 1. The minimum atomic E-state index is -1.15. The quantitative estimate of drug-likeness (QED) is 0.376. The number of ether oxygens (including phenoxy) is 2. The van der Waals surface area contributed by atoms with Crippen LogP contribution >= 0.6 is 11.6 Å². The van der Waals surface area contributed by atoms with Gasteiger partial charge in [-0.3, -0.25) is 0 Å². The Kier molecular flexibility index (Phi) is 5.14. The van der Waals surface area contributed by atoms with Crippen molar-refractivity contribution in [2.45, 2.75) is 0 Å². The van der Waals surface area contributed by atoms with E-state index in [0.717, 1.165) is 0 Å². The van der Waals surface area contributed by atoms with Crippen molar-refractivity contribution in [3.8, 4) is 11.5 Å². The van der Waals surface area contributed by atoms with Crippen LogP contribution in [-0.2, 0) is 4.79 Å². The largest absolute Gasteiger partial charge is 0.489 e. The minimum Gasteiger partial charge on any atom is -0.489 e. The molecule has 0 fully saturated rings. The van der Waals surface area contributed by atoms with E-state index < -0.39 is 11.9 Å². The van der Waals surface area contributed by atoms with Gasteiger partial charge in [0.2, 0.25) is 0 Å². The highest BCUT2D eigenvalue weighted by atomic mass is 35.5. The zero-order chi connectivity index (χ0) is 14.4. The van der Waals surface area contributed by atoms with Crippen LogP contribution in [0.3, 0.4) is 0 Å². The highest BCUT2D eigenvalue weighted by Gasteiger charge is 2.14. The van der Waals surface area contributed by atoms with E-state index in [2.05, 4.69) is 13.2 Å². The Balaban J connectivity index is 3.03. The van der Waals surface area contributed by atoms with Crippen molar-refractivity contribution in [1.82, 2.24) is 0 Å². The van der Waals surface area contributed by atoms with Crippen molar-refractivity contribution < 1.29 is 24.2 Å². The second kappa shape index (κ2) is 6.61. The molecule has 0 atom stereocenters. The molecule has 0 unspecified atom stereocenters. The van der Waals surface area contributed by atoms with Crippen LogP contribution in [0, 0.1) is 0 Å². The third-order valence-corrected chi connectivity index (χ3v) is 2.13. The number of hydrogen-bond acceptors (Lipinski definition) is 4. The first-order chi connectivity index (χ1) is 8.95. The van der Waals surface area contributed by atoms with Gasteiger partial charge in [0.15, 0.2) is 0 Å². The third kappa shape index (κ3) is 4.15. The van der Waals surface area contributed by atoms with Gasteiger partial charge in [0, 0.05) is 6.07 Å². The molecule has 0 saturated heterocycles. The number of hydrogen-bond donors (Lipinski definition) is 1. The lowest BCUT2D eigenvalue weighted by Crippen LogP contribution is -2.08. The molecule has 1 aromatic carbocycles. The highest BCUT2D eigenvalue weighted by Crippen LogP contribution is 2.25. The summed E-state index contributed by atoms with van der Waals surface area (Å²) >= 11 is 5.38. The lowest BCUT2D eigenvalue weighted by atomic mass is 10.2. The maximum absolute atomic E-state index is 11.2. The lowest BCUT2D eigenvalue weighted by Gasteiger charge is -2.09. The zero-order valence-electron chi connectivity index (χ0n) is 9.89. The minimum absolute atomic E-state index is 0.0497. The molecule has 0 bridgehead atoms. The summed E-state index contributed by atoms with van der Waals surface area (Å²) < 4.78 is 10.0. The SMILES string of the molecule is C=CCOc1cc(OC(=O)C(=C)Cl)ccc1C(=O)O.